The van der Waals surface area contributed by atoms with E-state index in [1.807, 2.05) is 30.0 Å². The topological polar surface area (TPSA) is 96.0 Å². The van der Waals surface area contributed by atoms with Gasteiger partial charge in [-0.3, -0.25) is 9.59 Å². The van der Waals surface area contributed by atoms with Gasteiger partial charge in [0, 0.05) is 31.4 Å². The molecule has 3 aliphatic heterocycles. The number of sulfonamides is 1. The van der Waals surface area contributed by atoms with Crippen molar-refractivity contribution in [1.82, 2.24) is 4.31 Å². The molecule has 0 bridgehead atoms. The summed E-state index contributed by atoms with van der Waals surface area (Å²) < 4.78 is 34.6. The Labute approximate surface area is 206 Å². The van der Waals surface area contributed by atoms with Gasteiger partial charge in [-0.2, -0.15) is 4.31 Å². The van der Waals surface area contributed by atoms with Crippen LogP contribution in [0.15, 0.2) is 41.3 Å². The molecular weight excluding hydrogens is 466 g/mol. The molecule has 8 nitrogen and oxygen atoms in total. The lowest BCUT2D eigenvalue weighted by Gasteiger charge is -2.36. The Morgan fingerprint density at radius 2 is 1.97 bits per heavy atom. The van der Waals surface area contributed by atoms with Crippen molar-refractivity contribution in [3.8, 4) is 5.75 Å². The van der Waals surface area contributed by atoms with E-state index >= 15 is 0 Å². The molecule has 3 aliphatic rings. The molecule has 9 heteroatoms. The average molecular weight is 498 g/mol. The third-order valence-electron chi connectivity index (χ3n) is 7.19. The van der Waals surface area contributed by atoms with Gasteiger partial charge < -0.3 is 15.0 Å². The molecule has 0 radical (unpaired) electrons. The normalized spacial score (nSPS) is 22.6. The predicted molar refractivity (Wildman–Crippen MR) is 133 cm³/mol. The van der Waals surface area contributed by atoms with Crippen LogP contribution in [-0.2, 0) is 26.0 Å². The number of hydrogen-bond acceptors (Lipinski definition) is 5. The van der Waals surface area contributed by atoms with Crippen molar-refractivity contribution < 1.29 is 22.7 Å². The van der Waals surface area contributed by atoms with Crippen LogP contribution in [-0.4, -0.2) is 50.3 Å². The van der Waals surface area contributed by atoms with E-state index in [0.717, 1.165) is 24.1 Å². The lowest BCUT2D eigenvalue weighted by Crippen LogP contribution is -2.48. The van der Waals surface area contributed by atoms with Gasteiger partial charge in [0.25, 0.3) is 5.91 Å². The minimum absolute atomic E-state index is 0.00366. The number of carbonyl (C=O) groups excluding carboxylic acids is 2. The number of benzene rings is 2. The van der Waals surface area contributed by atoms with E-state index in [4.69, 9.17) is 4.74 Å². The molecule has 2 aromatic carbocycles. The molecule has 1 saturated heterocycles. The molecular formula is C26H31N3O5S. The van der Waals surface area contributed by atoms with Crippen LogP contribution in [0.25, 0.3) is 0 Å². The van der Waals surface area contributed by atoms with Crippen LogP contribution in [0.4, 0.5) is 11.4 Å². The summed E-state index contributed by atoms with van der Waals surface area (Å²) in [5.74, 6) is -0.263. The molecule has 3 heterocycles. The van der Waals surface area contributed by atoms with Crippen LogP contribution in [0.3, 0.4) is 0 Å². The molecule has 2 aromatic rings. The van der Waals surface area contributed by atoms with Gasteiger partial charge in [-0.15, -0.1) is 0 Å². The Hall–Kier alpha value is -2.91. The van der Waals surface area contributed by atoms with Crippen LogP contribution in [0.1, 0.15) is 43.7 Å². The fraction of sp³-hybridized carbons (Fsp3) is 0.462. The van der Waals surface area contributed by atoms with Gasteiger partial charge in [0.1, 0.15) is 5.75 Å². The van der Waals surface area contributed by atoms with E-state index in [1.54, 1.807) is 13.0 Å². The highest BCUT2D eigenvalue weighted by molar-refractivity contribution is 7.89. The maximum absolute atomic E-state index is 13.7. The number of piperidine rings is 1. The summed E-state index contributed by atoms with van der Waals surface area (Å²) in [6.45, 7) is 4.74. The second kappa shape index (κ2) is 9.28. The van der Waals surface area contributed by atoms with Crippen LogP contribution in [0.2, 0.25) is 0 Å². The Kier molecular flexibility index (Phi) is 6.31. The van der Waals surface area contributed by atoms with E-state index in [2.05, 4.69) is 11.4 Å². The summed E-state index contributed by atoms with van der Waals surface area (Å²) in [5.41, 5.74) is 3.11. The summed E-state index contributed by atoms with van der Waals surface area (Å²) in [6.07, 6.45) is 2.98. The van der Waals surface area contributed by atoms with Crippen LogP contribution in [0.5, 0.6) is 5.75 Å². The number of para-hydroxylation sites is 1. The first-order valence-corrected chi connectivity index (χ1v) is 13.7. The largest absolute Gasteiger partial charge is 0.478 e. The molecule has 1 fully saturated rings. The lowest BCUT2D eigenvalue weighted by molar-refractivity contribution is -0.124. The SMILES string of the molecule is CC[C@H]1Oc2cc(S(=O)(=O)N3CCC[C@H](C(=O)N4CCCc5ccccc54)C3)c(C)cc2NC1=O. The minimum Gasteiger partial charge on any atom is -0.478 e. The van der Waals surface area contributed by atoms with Gasteiger partial charge in [0.05, 0.1) is 16.5 Å². The summed E-state index contributed by atoms with van der Waals surface area (Å²) >= 11 is 0. The summed E-state index contributed by atoms with van der Waals surface area (Å²) in [6, 6.07) is 11.1. The zero-order chi connectivity index (χ0) is 24.7. The van der Waals surface area contributed by atoms with Crippen LogP contribution in [0, 0.1) is 12.8 Å². The summed E-state index contributed by atoms with van der Waals surface area (Å²) in [7, 11) is -3.85. The monoisotopic (exact) mass is 497 g/mol. The van der Waals surface area contributed by atoms with Crippen molar-refractivity contribution >= 4 is 33.2 Å². The Morgan fingerprint density at radius 1 is 1.17 bits per heavy atom. The highest BCUT2D eigenvalue weighted by Crippen LogP contribution is 2.37. The second-order valence-electron chi connectivity index (χ2n) is 9.54. The lowest BCUT2D eigenvalue weighted by atomic mass is 9.95. The number of amides is 2. The molecule has 35 heavy (non-hydrogen) atoms. The molecule has 2 atom stereocenters. The molecule has 0 saturated carbocycles. The third-order valence-corrected chi connectivity index (χ3v) is 9.20. The number of ether oxygens (including phenoxy) is 1. The number of carbonyl (C=O) groups is 2. The van der Waals surface area contributed by atoms with E-state index in [9.17, 15) is 18.0 Å². The number of nitrogens with one attached hydrogen (secondary N) is 1. The van der Waals surface area contributed by atoms with Crippen molar-refractivity contribution in [2.75, 3.05) is 29.9 Å². The molecule has 0 aliphatic carbocycles. The molecule has 186 valence electrons. The maximum Gasteiger partial charge on any atom is 0.265 e. The molecule has 0 unspecified atom stereocenters. The number of nitrogens with zero attached hydrogens (tertiary/aromatic N) is 2. The summed E-state index contributed by atoms with van der Waals surface area (Å²) in [5, 5.41) is 2.80. The molecule has 1 N–H and O–H groups in total. The maximum atomic E-state index is 13.7. The Bertz CT molecular complexity index is 1280. The van der Waals surface area contributed by atoms with Gasteiger partial charge in [-0.05, 0) is 62.3 Å². The fourth-order valence-corrected chi connectivity index (χ4v) is 7.06. The zero-order valence-corrected chi connectivity index (χ0v) is 20.9. The van der Waals surface area contributed by atoms with E-state index in [1.165, 1.54) is 10.4 Å². The molecule has 0 aromatic heterocycles. The number of anilines is 2. The van der Waals surface area contributed by atoms with Crippen molar-refractivity contribution in [2.24, 2.45) is 5.92 Å². The zero-order valence-electron chi connectivity index (χ0n) is 20.1. The van der Waals surface area contributed by atoms with Gasteiger partial charge in [-0.25, -0.2) is 8.42 Å². The Balaban J connectivity index is 1.39. The number of aryl methyl sites for hydroxylation is 2. The second-order valence-corrected chi connectivity index (χ2v) is 11.4. The standard InChI is InChI=1S/C26H31N3O5S/c1-3-22-25(30)27-20-14-17(2)24(15-23(20)34-22)35(32,33)28-12-6-10-19(16-28)26(31)29-13-7-9-18-8-4-5-11-21(18)29/h4-5,8,11,14-15,19,22H,3,6-7,9-10,12-13,16H2,1-2H3,(H,27,30)/t19-,22+/m0/s1. The van der Waals surface area contributed by atoms with Gasteiger partial charge >= 0.3 is 0 Å². The van der Waals surface area contributed by atoms with Gasteiger partial charge in [0.15, 0.2) is 6.10 Å². The first-order chi connectivity index (χ1) is 16.8. The average Bonchev–Trinajstić information content (AvgIpc) is 2.87. The fourth-order valence-electron chi connectivity index (χ4n) is 5.32. The van der Waals surface area contributed by atoms with Crippen LogP contribution < -0.4 is 15.0 Å². The number of hydrogen-bond donors (Lipinski definition) is 1. The quantitative estimate of drug-likeness (QED) is 0.698. The minimum atomic E-state index is -3.85. The van der Waals surface area contributed by atoms with E-state index < -0.39 is 16.1 Å². The highest BCUT2D eigenvalue weighted by atomic mass is 32.2. The van der Waals surface area contributed by atoms with Crippen LogP contribution >= 0.6 is 0 Å². The molecule has 2 amide bonds. The molecule has 0 spiro atoms. The Morgan fingerprint density at radius 3 is 2.77 bits per heavy atom. The van der Waals surface area contributed by atoms with E-state index in [-0.39, 0.29) is 29.2 Å². The van der Waals surface area contributed by atoms with Crippen molar-refractivity contribution in [2.45, 2.75) is 57.0 Å². The number of fused-ring (bicyclic) bond motifs is 2. The van der Waals surface area contributed by atoms with Gasteiger partial charge in [0.2, 0.25) is 15.9 Å². The van der Waals surface area contributed by atoms with Crippen molar-refractivity contribution in [3.63, 3.8) is 0 Å². The first kappa shape index (κ1) is 23.8. The van der Waals surface area contributed by atoms with Crippen molar-refractivity contribution in [1.29, 1.82) is 0 Å². The highest BCUT2D eigenvalue weighted by Gasteiger charge is 2.38. The molecule has 5 rings (SSSR count). The first-order valence-electron chi connectivity index (χ1n) is 12.3. The smallest absolute Gasteiger partial charge is 0.265 e. The third kappa shape index (κ3) is 4.31. The van der Waals surface area contributed by atoms with Gasteiger partial charge in [-0.1, -0.05) is 25.1 Å². The van der Waals surface area contributed by atoms with Crippen molar-refractivity contribution in [3.05, 3.63) is 47.5 Å². The summed E-state index contributed by atoms with van der Waals surface area (Å²) in [4.78, 5) is 27.7. The number of rotatable bonds is 4. The van der Waals surface area contributed by atoms with E-state index in [0.29, 0.717) is 49.4 Å². The predicted octanol–water partition coefficient (Wildman–Crippen LogP) is 3.48.